The lowest BCUT2D eigenvalue weighted by Crippen LogP contribution is -2.30. The summed E-state index contributed by atoms with van der Waals surface area (Å²) in [6.45, 7) is 1.98. The van der Waals surface area contributed by atoms with E-state index in [1.807, 2.05) is 96.5 Å². The molecule has 5 aromatic rings. The Bertz CT molecular complexity index is 1720. The van der Waals surface area contributed by atoms with Gasteiger partial charge >= 0.3 is 0 Å². The molecule has 0 saturated heterocycles. The number of carbonyl (C=O) groups excluding carboxylic acids is 3. The number of hydrogen-bond acceptors (Lipinski definition) is 5. The first-order chi connectivity index (χ1) is 20.9. The van der Waals surface area contributed by atoms with E-state index in [1.54, 1.807) is 42.5 Å². The zero-order chi connectivity index (χ0) is 30.0. The molecule has 0 spiro atoms. The first-order valence-corrected chi connectivity index (χ1v) is 15.4. The number of thiophene rings is 1. The Kier molecular flexibility index (Phi) is 9.84. The van der Waals surface area contributed by atoms with Crippen LogP contribution < -0.4 is 16.0 Å². The second-order valence-electron chi connectivity index (χ2n) is 9.68. The lowest BCUT2D eigenvalue weighted by Gasteiger charge is -2.18. The monoisotopic (exact) mass is 603 g/mol. The van der Waals surface area contributed by atoms with Crippen molar-refractivity contribution in [3.8, 4) is 0 Å². The molecular weight excluding hydrogens is 575 g/mol. The van der Waals surface area contributed by atoms with E-state index in [2.05, 4.69) is 16.0 Å². The van der Waals surface area contributed by atoms with Gasteiger partial charge in [-0.3, -0.25) is 14.4 Å². The maximum Gasteiger partial charge on any atom is 0.272 e. The average molecular weight is 604 g/mol. The number of carbonyl (C=O) groups is 3. The normalized spacial score (nSPS) is 11.8. The fourth-order valence-corrected chi connectivity index (χ4v) is 5.89. The summed E-state index contributed by atoms with van der Waals surface area (Å²) < 4.78 is 0. The van der Waals surface area contributed by atoms with E-state index < -0.39 is 11.2 Å². The summed E-state index contributed by atoms with van der Waals surface area (Å²) in [4.78, 5) is 40.4. The first-order valence-electron chi connectivity index (χ1n) is 13.6. The van der Waals surface area contributed by atoms with Crippen molar-refractivity contribution < 1.29 is 14.4 Å². The summed E-state index contributed by atoms with van der Waals surface area (Å²) >= 11 is 2.92. The minimum absolute atomic E-state index is 0.127. The lowest BCUT2D eigenvalue weighted by molar-refractivity contribution is -0.116. The number of thioether (sulfide) groups is 1. The van der Waals surface area contributed by atoms with Gasteiger partial charge in [0.2, 0.25) is 5.91 Å². The fraction of sp³-hybridized carbons (Fsp3) is 0.0571. The molecule has 8 heteroatoms. The predicted octanol–water partition coefficient (Wildman–Crippen LogP) is 7.94. The van der Waals surface area contributed by atoms with E-state index in [9.17, 15) is 14.4 Å². The number of benzene rings is 4. The molecule has 3 amide bonds. The van der Waals surface area contributed by atoms with Crippen molar-refractivity contribution in [2.75, 3.05) is 10.6 Å². The van der Waals surface area contributed by atoms with Gasteiger partial charge in [-0.2, -0.15) is 11.3 Å². The Morgan fingerprint density at radius 2 is 1.49 bits per heavy atom. The highest BCUT2D eigenvalue weighted by Crippen LogP contribution is 2.36. The molecule has 6 nitrogen and oxygen atoms in total. The molecule has 0 radical (unpaired) electrons. The lowest BCUT2D eigenvalue weighted by atomic mass is 10.1. The van der Waals surface area contributed by atoms with E-state index in [0.29, 0.717) is 11.3 Å². The Morgan fingerprint density at radius 3 is 2.16 bits per heavy atom. The summed E-state index contributed by atoms with van der Waals surface area (Å²) in [7, 11) is 0. The minimum atomic E-state index is -0.490. The molecule has 4 aromatic carbocycles. The van der Waals surface area contributed by atoms with Crippen LogP contribution in [0.5, 0.6) is 0 Å². The van der Waals surface area contributed by atoms with Gasteiger partial charge in [0.1, 0.15) is 10.9 Å². The van der Waals surface area contributed by atoms with Crippen LogP contribution in [0, 0.1) is 6.92 Å². The van der Waals surface area contributed by atoms with Crippen LogP contribution in [0.1, 0.15) is 32.3 Å². The molecule has 0 aliphatic rings. The molecular formula is C35H29N3O3S2. The van der Waals surface area contributed by atoms with Gasteiger partial charge in [0.25, 0.3) is 11.8 Å². The molecule has 1 atom stereocenters. The van der Waals surface area contributed by atoms with Crippen molar-refractivity contribution >= 4 is 58.3 Å². The zero-order valence-corrected chi connectivity index (χ0v) is 25.0. The summed E-state index contributed by atoms with van der Waals surface area (Å²) in [6.07, 6.45) is 1.65. The molecule has 1 aromatic heterocycles. The van der Waals surface area contributed by atoms with Gasteiger partial charge in [-0.05, 0) is 95.0 Å². The van der Waals surface area contributed by atoms with E-state index in [4.69, 9.17) is 0 Å². The van der Waals surface area contributed by atoms with E-state index in [1.165, 1.54) is 23.1 Å². The Hall–Kier alpha value is -4.92. The van der Waals surface area contributed by atoms with E-state index >= 15 is 0 Å². The van der Waals surface area contributed by atoms with Gasteiger partial charge in [0.15, 0.2) is 0 Å². The smallest absolute Gasteiger partial charge is 0.272 e. The molecule has 0 aliphatic carbocycles. The topological polar surface area (TPSA) is 87.3 Å². The maximum absolute atomic E-state index is 13.4. The second-order valence-corrected chi connectivity index (χ2v) is 11.6. The van der Waals surface area contributed by atoms with Crippen LogP contribution in [0.15, 0.2) is 137 Å². The predicted molar refractivity (Wildman–Crippen MR) is 176 cm³/mol. The molecule has 43 heavy (non-hydrogen) atoms. The molecule has 5 rings (SSSR count). The quantitative estimate of drug-likeness (QED) is 0.112. The number of anilines is 2. The number of amides is 3. The Morgan fingerprint density at radius 1 is 0.767 bits per heavy atom. The van der Waals surface area contributed by atoms with Crippen LogP contribution in [0.2, 0.25) is 0 Å². The third kappa shape index (κ3) is 8.31. The van der Waals surface area contributed by atoms with Crippen LogP contribution in [-0.4, -0.2) is 17.7 Å². The van der Waals surface area contributed by atoms with Crippen LogP contribution >= 0.6 is 23.1 Å². The maximum atomic E-state index is 13.4. The first kappa shape index (κ1) is 29.6. The van der Waals surface area contributed by atoms with Crippen molar-refractivity contribution in [2.24, 2.45) is 0 Å². The largest absolute Gasteiger partial charge is 0.325 e. The fourth-order valence-electron chi connectivity index (χ4n) is 4.25. The van der Waals surface area contributed by atoms with Crippen molar-refractivity contribution in [2.45, 2.75) is 17.1 Å². The molecule has 0 aliphatic heterocycles. The van der Waals surface area contributed by atoms with Crippen LogP contribution in [-0.2, 0) is 9.59 Å². The molecule has 0 bridgehead atoms. The Labute approximate surface area is 258 Å². The van der Waals surface area contributed by atoms with Gasteiger partial charge in [-0.1, -0.05) is 60.7 Å². The summed E-state index contributed by atoms with van der Waals surface area (Å²) in [5.74, 6) is -0.952. The SMILES string of the molecule is Cc1cccc(NC(=O)C(Sc2ccc(NC(=O)/C(=C/c3ccsc3)NC(=O)c3ccccc3)cc2)c2ccccc2)c1. The van der Waals surface area contributed by atoms with Gasteiger partial charge in [0.05, 0.1) is 0 Å². The van der Waals surface area contributed by atoms with Gasteiger partial charge in [-0.25, -0.2) is 0 Å². The highest BCUT2D eigenvalue weighted by Gasteiger charge is 2.22. The van der Waals surface area contributed by atoms with E-state index in [-0.39, 0.29) is 17.5 Å². The third-order valence-corrected chi connectivity index (χ3v) is 8.34. The molecule has 0 saturated carbocycles. The van der Waals surface area contributed by atoms with Crippen LogP contribution in [0.4, 0.5) is 11.4 Å². The minimum Gasteiger partial charge on any atom is -0.325 e. The van der Waals surface area contributed by atoms with Gasteiger partial charge in [-0.15, -0.1) is 11.8 Å². The number of hydrogen-bond donors (Lipinski definition) is 3. The van der Waals surface area contributed by atoms with Crippen LogP contribution in [0.25, 0.3) is 6.08 Å². The standard InChI is InChI=1S/C35H29N3O3S2/c1-24-9-8-14-29(21-24)37-35(41)32(26-10-4-2-5-11-26)43-30-17-15-28(16-18-30)36-34(40)31(22-25-19-20-42-23-25)38-33(39)27-12-6-3-7-13-27/h2-23,32H,1H3,(H,36,40)(H,37,41)(H,38,39)/b31-22-. The average Bonchev–Trinajstić information content (AvgIpc) is 3.54. The molecule has 214 valence electrons. The van der Waals surface area contributed by atoms with Crippen molar-refractivity contribution in [3.05, 3.63) is 154 Å². The van der Waals surface area contributed by atoms with Crippen molar-refractivity contribution in [3.63, 3.8) is 0 Å². The summed E-state index contributed by atoms with van der Waals surface area (Å²) in [5, 5.41) is 12.0. The highest BCUT2D eigenvalue weighted by molar-refractivity contribution is 8.00. The summed E-state index contributed by atoms with van der Waals surface area (Å²) in [6, 6.07) is 35.2. The Balaban J connectivity index is 1.30. The number of nitrogens with one attached hydrogen (secondary N) is 3. The van der Waals surface area contributed by atoms with Crippen LogP contribution in [0.3, 0.4) is 0 Å². The van der Waals surface area contributed by atoms with Gasteiger partial charge < -0.3 is 16.0 Å². The van der Waals surface area contributed by atoms with Gasteiger partial charge in [0, 0.05) is 21.8 Å². The highest BCUT2D eigenvalue weighted by atomic mass is 32.2. The third-order valence-electron chi connectivity index (χ3n) is 6.38. The van der Waals surface area contributed by atoms with Crippen molar-refractivity contribution in [1.82, 2.24) is 5.32 Å². The zero-order valence-electron chi connectivity index (χ0n) is 23.3. The molecule has 1 heterocycles. The second kappa shape index (κ2) is 14.3. The number of aryl methyl sites for hydroxylation is 1. The van der Waals surface area contributed by atoms with E-state index in [0.717, 1.165) is 27.3 Å². The molecule has 0 fully saturated rings. The molecule has 3 N–H and O–H groups in total. The molecule has 1 unspecified atom stereocenters. The van der Waals surface area contributed by atoms with Crippen molar-refractivity contribution in [1.29, 1.82) is 0 Å². The summed E-state index contributed by atoms with van der Waals surface area (Å²) in [5.41, 5.74) is 4.64. The number of rotatable bonds is 10.